The first kappa shape index (κ1) is 69.5. The lowest BCUT2D eigenvalue weighted by atomic mass is 9.93. The van der Waals surface area contributed by atoms with E-state index in [1.165, 1.54) is 81.9 Å². The van der Waals surface area contributed by atoms with E-state index in [1.807, 2.05) is 0 Å². The van der Waals surface area contributed by atoms with Crippen LogP contribution in [0.5, 0.6) is 0 Å². The number of fused-ring (bicyclic) bond motifs is 12. The van der Waals surface area contributed by atoms with Gasteiger partial charge in [0.1, 0.15) is 0 Å². The summed E-state index contributed by atoms with van der Waals surface area (Å²) in [5.74, 6) is 0. The predicted molar refractivity (Wildman–Crippen MR) is 506 cm³/mol. The zero-order valence-corrected chi connectivity index (χ0v) is 65.6. The molecule has 0 saturated heterocycles. The zero-order valence-electron chi connectivity index (χ0n) is 65.6. The average Bonchev–Trinajstić information content (AvgIpc) is 1.57. The molecule has 6 heteroatoms. The van der Waals surface area contributed by atoms with Crippen LogP contribution in [0.4, 0.5) is 34.1 Å². The molecule has 4 aromatic heterocycles. The van der Waals surface area contributed by atoms with E-state index in [0.717, 1.165) is 129 Å². The summed E-state index contributed by atoms with van der Waals surface area (Å²) in [6, 6.07) is 169. The number of aromatic nitrogens is 4. The van der Waals surface area contributed by atoms with Crippen LogP contribution in [0.15, 0.2) is 461 Å². The van der Waals surface area contributed by atoms with Crippen molar-refractivity contribution in [1.82, 2.24) is 18.3 Å². The van der Waals surface area contributed by atoms with E-state index in [1.54, 1.807) is 0 Å². The molecule has 0 aliphatic rings. The molecule has 0 spiro atoms. The van der Waals surface area contributed by atoms with Gasteiger partial charge in [-0.2, -0.15) is 0 Å². The SMILES string of the molecule is c1ccc(-c2ccc(N(c3ccc(-c4ccccc4)cc3)c3ccc(-c4ccc(-n5c6ccccc6c6c(-c7ccc8c9ccc(-c%10ccc(N(c%11ccc%12c%13ccccc%13n(-c%13ccccc%13)c%12c%11)c%11ccc%12c%13ccccc%13n(-c%13ccccc%13)c%12c%11)cc%10)cc9n(-c9ccccc9)c8c7)cc(-c7ccccc7)cc65)cc4)cc3)cc2)cc1. The van der Waals surface area contributed by atoms with Gasteiger partial charge >= 0.3 is 0 Å². The Kier molecular flexibility index (Phi) is 16.8. The molecule has 6 nitrogen and oxygen atoms in total. The summed E-state index contributed by atoms with van der Waals surface area (Å²) in [5.41, 5.74) is 33.9. The lowest BCUT2D eigenvalue weighted by Crippen LogP contribution is -2.10. The first-order valence-corrected chi connectivity index (χ1v) is 41.2. The van der Waals surface area contributed by atoms with Gasteiger partial charge < -0.3 is 28.1 Å². The molecule has 0 N–H and O–H groups in total. The molecule has 0 amide bonds. The molecular weight excluding hydrogens is 1450 g/mol. The minimum Gasteiger partial charge on any atom is -0.311 e. The van der Waals surface area contributed by atoms with Crippen molar-refractivity contribution in [3.05, 3.63) is 461 Å². The Morgan fingerprint density at radius 3 is 0.792 bits per heavy atom. The Morgan fingerprint density at radius 1 is 0.133 bits per heavy atom. The van der Waals surface area contributed by atoms with Crippen LogP contribution in [0, 0.1) is 0 Å². The second-order valence-electron chi connectivity index (χ2n) is 31.2. The van der Waals surface area contributed by atoms with Crippen molar-refractivity contribution in [3.63, 3.8) is 0 Å². The molecule has 0 atom stereocenters. The fourth-order valence-electron chi connectivity index (χ4n) is 18.7. The van der Waals surface area contributed by atoms with Crippen molar-refractivity contribution in [2.75, 3.05) is 9.80 Å². The van der Waals surface area contributed by atoms with E-state index in [2.05, 4.69) is 489 Å². The first-order valence-electron chi connectivity index (χ1n) is 41.2. The van der Waals surface area contributed by atoms with Gasteiger partial charge in [-0.05, 0) is 231 Å². The second-order valence-corrected chi connectivity index (χ2v) is 31.2. The summed E-state index contributed by atoms with van der Waals surface area (Å²) in [6.07, 6.45) is 0. The minimum absolute atomic E-state index is 1.05. The molecule has 120 heavy (non-hydrogen) atoms. The molecule has 0 aliphatic carbocycles. The van der Waals surface area contributed by atoms with Gasteiger partial charge in [-0.25, -0.2) is 0 Å². The van der Waals surface area contributed by atoms with E-state index < -0.39 is 0 Å². The van der Waals surface area contributed by atoms with Gasteiger partial charge in [-0.15, -0.1) is 0 Å². The molecule has 562 valence electrons. The van der Waals surface area contributed by atoms with E-state index in [4.69, 9.17) is 0 Å². The molecule has 23 rings (SSSR count). The third-order valence-corrected chi connectivity index (χ3v) is 24.3. The molecule has 4 heterocycles. The fourth-order valence-corrected chi connectivity index (χ4v) is 18.7. The van der Waals surface area contributed by atoms with Crippen LogP contribution >= 0.6 is 0 Å². The monoisotopic (exact) mass is 1530 g/mol. The second kappa shape index (κ2) is 29.1. The molecule has 0 saturated carbocycles. The van der Waals surface area contributed by atoms with Crippen LogP contribution in [0.25, 0.3) is 177 Å². The molecule has 0 bridgehead atoms. The number of hydrogen-bond donors (Lipinski definition) is 0. The van der Waals surface area contributed by atoms with Crippen molar-refractivity contribution < 1.29 is 0 Å². The third-order valence-electron chi connectivity index (χ3n) is 24.3. The number of benzene rings is 19. The van der Waals surface area contributed by atoms with Gasteiger partial charge in [0.05, 0.1) is 44.1 Å². The van der Waals surface area contributed by atoms with Gasteiger partial charge in [0.2, 0.25) is 0 Å². The lowest BCUT2D eigenvalue weighted by molar-refractivity contribution is 1.17. The fraction of sp³-hybridized carbons (Fsp3) is 0. The van der Waals surface area contributed by atoms with Gasteiger partial charge in [-0.1, -0.05) is 297 Å². The van der Waals surface area contributed by atoms with Crippen LogP contribution < -0.4 is 9.80 Å². The summed E-state index contributed by atoms with van der Waals surface area (Å²) >= 11 is 0. The molecule has 19 aromatic carbocycles. The van der Waals surface area contributed by atoms with Crippen LogP contribution in [0.3, 0.4) is 0 Å². The standard InChI is InChI=1S/C114H76N6/c1-7-25-77(26-8-1)80-43-55-91(56-44-80)115(92-57-45-81(46-58-92)78-27-9-2-10-28-78)93-59-47-82(48-60-93)83-49-63-95(64-50-83)119-108-42-24-21-39-104(108)114-105(71-87(74-113(114)119)79-29-11-3-12-30-79)86-54-68-101-100-67-53-85(72-109(100)120(110(101)73-86)90-35-17-6-18-36-90)84-51-61-94(62-52-84)116(96-65-69-102-98-37-19-22-40-106(98)117(111(102)75-96)88-31-13-4-14-32-88)97-66-70-103-99-38-20-23-41-107(99)118(112(103)76-97)89-33-15-5-16-34-89/h1-76H. The Labute approximate surface area is 695 Å². The normalized spacial score (nSPS) is 11.7. The van der Waals surface area contributed by atoms with Gasteiger partial charge in [0.15, 0.2) is 0 Å². The van der Waals surface area contributed by atoms with Gasteiger partial charge in [0.25, 0.3) is 0 Å². The van der Waals surface area contributed by atoms with Crippen molar-refractivity contribution in [2.45, 2.75) is 0 Å². The molecule has 0 radical (unpaired) electrons. The molecular formula is C114H76N6. The van der Waals surface area contributed by atoms with Crippen LogP contribution in [0.2, 0.25) is 0 Å². The highest BCUT2D eigenvalue weighted by Crippen LogP contribution is 2.48. The summed E-state index contributed by atoms with van der Waals surface area (Å²) in [7, 11) is 0. The topological polar surface area (TPSA) is 26.2 Å². The molecule has 0 unspecified atom stereocenters. The largest absolute Gasteiger partial charge is 0.311 e. The smallest absolute Gasteiger partial charge is 0.0561 e. The van der Waals surface area contributed by atoms with E-state index in [9.17, 15) is 0 Å². The van der Waals surface area contributed by atoms with E-state index >= 15 is 0 Å². The maximum Gasteiger partial charge on any atom is 0.0561 e. The molecule has 0 aliphatic heterocycles. The van der Waals surface area contributed by atoms with Crippen molar-refractivity contribution >= 4 is 121 Å². The Balaban J connectivity index is 0.621. The summed E-state index contributed by atoms with van der Waals surface area (Å²) in [4.78, 5) is 4.79. The highest BCUT2D eigenvalue weighted by atomic mass is 15.2. The number of rotatable bonds is 16. The Bertz CT molecular complexity index is 7570. The highest BCUT2D eigenvalue weighted by molar-refractivity contribution is 6.19. The maximum atomic E-state index is 2.48. The van der Waals surface area contributed by atoms with Crippen molar-refractivity contribution in [1.29, 1.82) is 0 Å². The van der Waals surface area contributed by atoms with Crippen LogP contribution in [0.1, 0.15) is 0 Å². The molecule has 23 aromatic rings. The number of hydrogen-bond acceptors (Lipinski definition) is 2. The summed E-state index contributed by atoms with van der Waals surface area (Å²) < 4.78 is 9.77. The quantitative estimate of drug-likeness (QED) is 0.0964. The first-order chi connectivity index (χ1) is 59.5. The lowest BCUT2D eigenvalue weighted by Gasteiger charge is -2.26. The zero-order chi connectivity index (χ0) is 79.1. The number of anilines is 6. The predicted octanol–water partition coefficient (Wildman–Crippen LogP) is 31.0. The van der Waals surface area contributed by atoms with E-state index in [-0.39, 0.29) is 0 Å². The van der Waals surface area contributed by atoms with Crippen molar-refractivity contribution in [3.8, 4) is 89.5 Å². The number of nitrogens with zero attached hydrogens (tertiary/aromatic N) is 6. The van der Waals surface area contributed by atoms with Crippen LogP contribution in [-0.2, 0) is 0 Å². The van der Waals surface area contributed by atoms with Gasteiger partial charge in [0, 0.05) is 100.0 Å². The Hall–Kier alpha value is -16.0. The third kappa shape index (κ3) is 12.0. The van der Waals surface area contributed by atoms with Crippen molar-refractivity contribution in [2.24, 2.45) is 0 Å². The Morgan fingerprint density at radius 2 is 0.375 bits per heavy atom. The van der Waals surface area contributed by atoms with Gasteiger partial charge in [-0.3, -0.25) is 0 Å². The van der Waals surface area contributed by atoms with Crippen LogP contribution in [-0.4, -0.2) is 18.3 Å². The highest BCUT2D eigenvalue weighted by Gasteiger charge is 2.25. The maximum absolute atomic E-state index is 2.48. The van der Waals surface area contributed by atoms with E-state index in [0.29, 0.717) is 0 Å². The summed E-state index contributed by atoms with van der Waals surface area (Å²) in [6.45, 7) is 0. The minimum atomic E-state index is 1.05. The number of para-hydroxylation sites is 6. The molecule has 0 fully saturated rings. The average molecular weight is 1530 g/mol. The summed E-state index contributed by atoms with van der Waals surface area (Å²) in [5, 5.41) is 9.63.